The molecule has 2 fully saturated rings. The molecule has 1 saturated heterocycles. The van der Waals surface area contributed by atoms with E-state index in [1.165, 1.54) is 18.9 Å². The quantitative estimate of drug-likeness (QED) is 0.349. The second-order valence-electron chi connectivity index (χ2n) is 8.92. The maximum atomic E-state index is 14.6. The van der Waals surface area contributed by atoms with Crippen LogP contribution in [0.2, 0.25) is 5.02 Å². The smallest absolute Gasteiger partial charge is 0.163 e. The van der Waals surface area contributed by atoms with Gasteiger partial charge in [0.1, 0.15) is 11.6 Å². The van der Waals surface area contributed by atoms with Crippen molar-refractivity contribution in [1.29, 1.82) is 0 Å². The molecule has 6 nitrogen and oxygen atoms in total. The molecule has 6 rings (SSSR count). The molecule has 0 bridgehead atoms. The van der Waals surface area contributed by atoms with Crippen molar-refractivity contribution >= 4 is 22.6 Å². The molecule has 34 heavy (non-hydrogen) atoms. The van der Waals surface area contributed by atoms with Gasteiger partial charge in [0.2, 0.25) is 0 Å². The molecule has 0 unspecified atom stereocenters. The van der Waals surface area contributed by atoms with Crippen LogP contribution >= 0.6 is 11.6 Å². The second kappa shape index (κ2) is 9.76. The number of aromatic nitrogens is 5. The summed E-state index contributed by atoms with van der Waals surface area (Å²) in [5.41, 5.74) is 3.53. The summed E-state index contributed by atoms with van der Waals surface area (Å²) in [5, 5.41) is 5.21. The number of hydrogen-bond acceptors (Lipinski definition) is 5. The number of pyridine rings is 1. The SMILES string of the molecule is Cc1cc2c(-c3ccc(Cl)cc3F)nc(C3CCOCC3)nc2nc1C.c1cnn(C2CC2)c1. The van der Waals surface area contributed by atoms with E-state index in [2.05, 4.69) is 10.1 Å². The van der Waals surface area contributed by atoms with Crippen LogP contribution in [0.1, 0.15) is 54.7 Å². The summed E-state index contributed by atoms with van der Waals surface area (Å²) in [6.07, 6.45) is 8.22. The Kier molecular flexibility index (Phi) is 6.57. The van der Waals surface area contributed by atoms with Crippen molar-refractivity contribution < 1.29 is 9.13 Å². The summed E-state index contributed by atoms with van der Waals surface area (Å²) in [5.74, 6) is 0.514. The van der Waals surface area contributed by atoms with E-state index in [0.29, 0.717) is 41.0 Å². The first-order chi connectivity index (χ1) is 16.5. The van der Waals surface area contributed by atoms with E-state index in [0.717, 1.165) is 35.5 Å². The van der Waals surface area contributed by atoms with E-state index in [9.17, 15) is 4.39 Å². The molecule has 0 N–H and O–H groups in total. The Morgan fingerprint density at radius 2 is 1.82 bits per heavy atom. The second-order valence-corrected chi connectivity index (χ2v) is 9.36. The highest BCUT2D eigenvalue weighted by Gasteiger charge is 2.23. The molecule has 1 saturated carbocycles. The van der Waals surface area contributed by atoms with E-state index in [-0.39, 0.29) is 5.92 Å². The number of nitrogens with zero attached hydrogens (tertiary/aromatic N) is 5. The molecule has 8 heteroatoms. The fourth-order valence-corrected chi connectivity index (χ4v) is 4.28. The van der Waals surface area contributed by atoms with Crippen LogP contribution in [0.15, 0.2) is 42.7 Å². The molecule has 0 radical (unpaired) electrons. The molecular formula is C26H27ClFN5O. The van der Waals surface area contributed by atoms with Gasteiger partial charge in [-0.3, -0.25) is 4.68 Å². The monoisotopic (exact) mass is 479 g/mol. The van der Waals surface area contributed by atoms with E-state index < -0.39 is 5.82 Å². The number of hydrogen-bond donors (Lipinski definition) is 0. The molecule has 3 aromatic heterocycles. The van der Waals surface area contributed by atoms with E-state index in [1.54, 1.807) is 12.1 Å². The van der Waals surface area contributed by atoms with E-state index in [4.69, 9.17) is 26.3 Å². The maximum absolute atomic E-state index is 14.6. The first-order valence-electron chi connectivity index (χ1n) is 11.7. The van der Waals surface area contributed by atoms with Crippen molar-refractivity contribution in [1.82, 2.24) is 24.7 Å². The molecule has 0 atom stereocenters. The third-order valence-electron chi connectivity index (χ3n) is 6.37. The van der Waals surface area contributed by atoms with Crippen LogP contribution in [0.4, 0.5) is 4.39 Å². The summed E-state index contributed by atoms with van der Waals surface area (Å²) < 4.78 is 22.1. The minimum Gasteiger partial charge on any atom is -0.381 e. The molecule has 1 aliphatic carbocycles. The van der Waals surface area contributed by atoms with Gasteiger partial charge >= 0.3 is 0 Å². The third-order valence-corrected chi connectivity index (χ3v) is 6.60. The van der Waals surface area contributed by atoms with Gasteiger partial charge in [-0.05, 0) is 75.4 Å². The standard InChI is InChI=1S/C20H19ClFN3O.C6H8N2/c1-11-9-16-18(15-4-3-14(21)10-17(15)22)24-19(13-5-7-26-8-6-13)25-20(16)23-12(11)2;1-4-7-8(5-1)6-2-3-6/h3-4,9-10,13H,5-8H2,1-2H3;1,4-6H,2-3H2. The third kappa shape index (κ3) is 4.95. The number of rotatable bonds is 3. The number of fused-ring (bicyclic) bond motifs is 1. The first kappa shape index (κ1) is 22.9. The average Bonchev–Trinajstić information content (AvgIpc) is 3.54. The Morgan fingerprint density at radius 1 is 1.03 bits per heavy atom. The van der Waals surface area contributed by atoms with Crippen LogP contribution in [0.5, 0.6) is 0 Å². The predicted octanol–water partition coefficient (Wildman–Crippen LogP) is 6.21. The van der Waals surface area contributed by atoms with Crippen molar-refractivity contribution in [3.8, 4) is 11.3 Å². The molecule has 1 aliphatic heterocycles. The molecule has 1 aromatic carbocycles. The van der Waals surface area contributed by atoms with Crippen molar-refractivity contribution in [3.63, 3.8) is 0 Å². The van der Waals surface area contributed by atoms with Crippen molar-refractivity contribution in [3.05, 3.63) is 70.6 Å². The highest BCUT2D eigenvalue weighted by atomic mass is 35.5. The Morgan fingerprint density at radius 3 is 2.50 bits per heavy atom. The molecular weight excluding hydrogens is 453 g/mol. The zero-order valence-electron chi connectivity index (χ0n) is 19.3. The van der Waals surface area contributed by atoms with Crippen molar-refractivity contribution in [2.24, 2.45) is 0 Å². The van der Waals surface area contributed by atoms with Gasteiger partial charge in [0.15, 0.2) is 5.65 Å². The fraction of sp³-hybridized carbons (Fsp3) is 0.385. The molecule has 0 spiro atoms. The highest BCUT2D eigenvalue weighted by Crippen LogP contribution is 2.34. The van der Waals surface area contributed by atoms with Crippen LogP contribution in [-0.4, -0.2) is 37.9 Å². The van der Waals surface area contributed by atoms with E-state index in [1.807, 2.05) is 43.1 Å². The number of ether oxygens (including phenoxy) is 1. The first-order valence-corrected chi connectivity index (χ1v) is 12.1. The van der Waals surface area contributed by atoms with Gasteiger partial charge in [-0.25, -0.2) is 19.3 Å². The normalized spacial score (nSPS) is 16.4. The topological polar surface area (TPSA) is 65.7 Å². The van der Waals surface area contributed by atoms with Gasteiger partial charge in [0.25, 0.3) is 0 Å². The van der Waals surface area contributed by atoms with Crippen molar-refractivity contribution in [2.75, 3.05) is 13.2 Å². The molecule has 2 aliphatic rings. The van der Waals surface area contributed by atoms with Gasteiger partial charge < -0.3 is 4.74 Å². The summed E-state index contributed by atoms with van der Waals surface area (Å²) in [7, 11) is 0. The van der Waals surface area contributed by atoms with Crippen LogP contribution in [0.25, 0.3) is 22.3 Å². The maximum Gasteiger partial charge on any atom is 0.163 e. The lowest BCUT2D eigenvalue weighted by Crippen LogP contribution is -2.17. The fourth-order valence-electron chi connectivity index (χ4n) is 4.12. The van der Waals surface area contributed by atoms with Gasteiger partial charge in [-0.1, -0.05) is 11.6 Å². The summed E-state index contributed by atoms with van der Waals surface area (Å²) >= 11 is 5.92. The lowest BCUT2D eigenvalue weighted by atomic mass is 9.98. The number of aryl methyl sites for hydroxylation is 2. The minimum absolute atomic E-state index is 0.200. The Labute approximate surface area is 203 Å². The molecule has 4 heterocycles. The van der Waals surface area contributed by atoms with E-state index >= 15 is 0 Å². The summed E-state index contributed by atoms with van der Waals surface area (Å²) in [4.78, 5) is 14.1. The lowest BCUT2D eigenvalue weighted by Gasteiger charge is -2.21. The van der Waals surface area contributed by atoms with Gasteiger partial charge in [-0.2, -0.15) is 5.10 Å². The van der Waals surface area contributed by atoms with Gasteiger partial charge in [-0.15, -0.1) is 0 Å². The molecule has 4 aromatic rings. The average molecular weight is 480 g/mol. The van der Waals surface area contributed by atoms with Crippen molar-refractivity contribution in [2.45, 2.75) is 51.5 Å². The van der Waals surface area contributed by atoms with Crippen LogP contribution in [-0.2, 0) is 4.74 Å². The zero-order chi connectivity index (χ0) is 23.7. The minimum atomic E-state index is -0.395. The van der Waals surface area contributed by atoms with Crippen LogP contribution in [0, 0.1) is 19.7 Å². The Balaban J connectivity index is 0.000000252. The van der Waals surface area contributed by atoms with Crippen LogP contribution in [0.3, 0.4) is 0 Å². The summed E-state index contributed by atoms with van der Waals surface area (Å²) in [6.45, 7) is 5.32. The molecule has 176 valence electrons. The van der Waals surface area contributed by atoms with Gasteiger partial charge in [0.05, 0.1) is 11.7 Å². The molecule has 0 amide bonds. The number of benzene rings is 1. The van der Waals surface area contributed by atoms with Crippen LogP contribution < -0.4 is 0 Å². The van der Waals surface area contributed by atoms with Gasteiger partial charge in [0, 0.05) is 53.2 Å². The predicted molar refractivity (Wildman–Crippen MR) is 131 cm³/mol. The largest absolute Gasteiger partial charge is 0.381 e. The Bertz CT molecular complexity index is 1300. The zero-order valence-corrected chi connectivity index (χ0v) is 20.1. The summed E-state index contributed by atoms with van der Waals surface area (Å²) in [6, 6.07) is 9.35. The lowest BCUT2D eigenvalue weighted by molar-refractivity contribution is 0.0836. The highest BCUT2D eigenvalue weighted by molar-refractivity contribution is 6.30. The Hall–Kier alpha value is -2.90. The number of halogens is 2.